The Bertz CT molecular complexity index is 2170. The van der Waals surface area contributed by atoms with Gasteiger partial charge in [-0.3, -0.25) is 0 Å². The molecule has 0 amide bonds. The van der Waals surface area contributed by atoms with Crippen LogP contribution in [0.1, 0.15) is 0 Å². The van der Waals surface area contributed by atoms with Crippen LogP contribution in [-0.2, 0) is 0 Å². The summed E-state index contributed by atoms with van der Waals surface area (Å²) in [6.45, 7) is 0. The van der Waals surface area contributed by atoms with Gasteiger partial charge in [-0.05, 0) is 46.2 Å². The van der Waals surface area contributed by atoms with Crippen molar-refractivity contribution in [1.29, 1.82) is 0 Å². The Morgan fingerprint density at radius 2 is 0.930 bits per heavy atom. The first-order valence-electron chi connectivity index (χ1n) is 14.3. The van der Waals surface area contributed by atoms with Crippen LogP contribution in [0.2, 0.25) is 0 Å². The van der Waals surface area contributed by atoms with Crippen LogP contribution in [0.15, 0.2) is 152 Å². The second-order valence-electron chi connectivity index (χ2n) is 10.5. The van der Waals surface area contributed by atoms with Gasteiger partial charge in [-0.25, -0.2) is 15.0 Å². The molecule has 3 nitrogen and oxygen atoms in total. The normalized spacial score (nSPS) is 11.3. The summed E-state index contributed by atoms with van der Waals surface area (Å²) in [5, 5.41) is 3.33. The lowest BCUT2D eigenvalue weighted by molar-refractivity contribution is 1.19. The zero-order valence-corrected chi connectivity index (χ0v) is 24.0. The summed E-state index contributed by atoms with van der Waals surface area (Å²) < 4.78 is 1.18. The minimum absolute atomic E-state index is 0.716. The highest BCUT2D eigenvalue weighted by molar-refractivity contribution is 7.21. The van der Waals surface area contributed by atoms with E-state index in [-0.39, 0.29) is 0 Å². The van der Waals surface area contributed by atoms with Gasteiger partial charge >= 0.3 is 0 Å². The summed E-state index contributed by atoms with van der Waals surface area (Å²) in [6.07, 6.45) is 0. The maximum atomic E-state index is 5.11. The van der Waals surface area contributed by atoms with Crippen molar-refractivity contribution in [2.75, 3.05) is 0 Å². The predicted molar refractivity (Wildman–Crippen MR) is 180 cm³/mol. The highest BCUT2D eigenvalue weighted by Crippen LogP contribution is 2.38. The van der Waals surface area contributed by atoms with Gasteiger partial charge in [0.15, 0.2) is 5.82 Å². The first-order chi connectivity index (χ1) is 21.3. The molecule has 2 aromatic heterocycles. The van der Waals surface area contributed by atoms with E-state index in [9.17, 15) is 0 Å². The van der Waals surface area contributed by atoms with Crippen molar-refractivity contribution in [2.24, 2.45) is 0 Å². The molecule has 0 fully saturated rings. The maximum absolute atomic E-state index is 5.11. The molecule has 0 bridgehead atoms. The first kappa shape index (κ1) is 25.3. The van der Waals surface area contributed by atoms with E-state index in [4.69, 9.17) is 15.0 Å². The number of aromatic nitrogens is 3. The van der Waals surface area contributed by atoms with Gasteiger partial charge in [0.2, 0.25) is 0 Å². The second-order valence-corrected chi connectivity index (χ2v) is 11.5. The third kappa shape index (κ3) is 4.78. The molecule has 2 heterocycles. The average molecular weight is 568 g/mol. The van der Waals surface area contributed by atoms with Crippen LogP contribution >= 0.6 is 11.3 Å². The largest absolute Gasteiger partial charge is 0.236 e. The Morgan fingerprint density at radius 3 is 1.56 bits per heavy atom. The molecule has 0 atom stereocenters. The van der Waals surface area contributed by atoms with E-state index >= 15 is 0 Å². The summed E-state index contributed by atoms with van der Waals surface area (Å²) in [4.78, 5) is 15.1. The Hall–Kier alpha value is -5.45. The first-order valence-corrected chi connectivity index (χ1v) is 15.1. The van der Waals surface area contributed by atoms with E-state index in [0.29, 0.717) is 5.82 Å². The van der Waals surface area contributed by atoms with Crippen molar-refractivity contribution >= 4 is 32.3 Å². The van der Waals surface area contributed by atoms with Crippen LogP contribution in [0.4, 0.5) is 0 Å². The van der Waals surface area contributed by atoms with Crippen molar-refractivity contribution in [1.82, 2.24) is 15.0 Å². The predicted octanol–water partition coefficient (Wildman–Crippen LogP) is 10.6. The molecule has 0 saturated carbocycles. The van der Waals surface area contributed by atoms with Crippen LogP contribution in [0, 0.1) is 0 Å². The topological polar surface area (TPSA) is 38.7 Å². The van der Waals surface area contributed by atoms with Crippen LogP contribution in [-0.4, -0.2) is 15.0 Å². The third-order valence-corrected chi connectivity index (χ3v) is 8.82. The minimum atomic E-state index is 0.716. The fraction of sp³-hybridized carbons (Fsp3) is 0. The number of benzene rings is 6. The molecule has 0 unspecified atom stereocenters. The Morgan fingerprint density at radius 1 is 0.395 bits per heavy atom. The van der Waals surface area contributed by atoms with Crippen LogP contribution in [0.25, 0.3) is 76.6 Å². The van der Waals surface area contributed by atoms with E-state index in [2.05, 4.69) is 109 Å². The number of hydrogen-bond acceptors (Lipinski definition) is 4. The van der Waals surface area contributed by atoms with Crippen molar-refractivity contribution in [3.05, 3.63) is 152 Å². The number of hydrogen-bond donors (Lipinski definition) is 0. The monoisotopic (exact) mass is 567 g/mol. The molecule has 8 rings (SSSR count). The summed E-state index contributed by atoms with van der Waals surface area (Å²) >= 11 is 1.73. The zero-order valence-electron chi connectivity index (χ0n) is 23.2. The van der Waals surface area contributed by atoms with Crippen molar-refractivity contribution in [3.63, 3.8) is 0 Å². The lowest BCUT2D eigenvalue weighted by atomic mass is 9.94. The second kappa shape index (κ2) is 10.8. The molecule has 202 valence electrons. The van der Waals surface area contributed by atoms with Gasteiger partial charge in [-0.2, -0.15) is 0 Å². The van der Waals surface area contributed by atoms with Gasteiger partial charge in [-0.15, -0.1) is 11.3 Å². The van der Waals surface area contributed by atoms with Gasteiger partial charge in [0.1, 0.15) is 5.01 Å². The molecule has 6 aromatic carbocycles. The molecule has 0 aliphatic rings. The van der Waals surface area contributed by atoms with E-state index in [1.165, 1.54) is 21.2 Å². The van der Waals surface area contributed by atoms with E-state index in [1.807, 2.05) is 42.5 Å². The van der Waals surface area contributed by atoms with Gasteiger partial charge in [0.25, 0.3) is 0 Å². The van der Waals surface area contributed by atoms with Crippen LogP contribution < -0.4 is 0 Å². The Balaban J connectivity index is 1.28. The molecule has 0 aliphatic heterocycles. The van der Waals surface area contributed by atoms with E-state index < -0.39 is 0 Å². The number of fused-ring (bicyclic) bond motifs is 2. The molecule has 0 aliphatic carbocycles. The number of rotatable bonds is 5. The Kier molecular flexibility index (Phi) is 6.32. The van der Waals surface area contributed by atoms with Crippen molar-refractivity contribution < 1.29 is 0 Å². The fourth-order valence-corrected chi connectivity index (χ4v) is 6.63. The molecule has 43 heavy (non-hydrogen) atoms. The van der Waals surface area contributed by atoms with Gasteiger partial charge < -0.3 is 0 Å². The van der Waals surface area contributed by atoms with Crippen LogP contribution in [0.3, 0.4) is 0 Å². The molecular formula is C39H25N3S. The lowest BCUT2D eigenvalue weighted by Crippen LogP contribution is -1.97. The molecule has 0 saturated heterocycles. The lowest BCUT2D eigenvalue weighted by Gasteiger charge is -2.13. The zero-order chi connectivity index (χ0) is 28.6. The standard InChI is InChI=1S/C39H25N3S/c1-4-12-26(13-5-1)35-25-36(27-14-6-2-7-15-27)41-38(40-35)33-22-21-30(31-18-10-11-19-32(31)33)29-20-23-34-37(24-29)43-39(42-34)28-16-8-3-9-17-28/h1-25H. The van der Waals surface area contributed by atoms with Crippen LogP contribution in [0.5, 0.6) is 0 Å². The quantitative estimate of drug-likeness (QED) is 0.208. The third-order valence-electron chi connectivity index (χ3n) is 7.75. The molecule has 8 aromatic rings. The molecule has 0 spiro atoms. The summed E-state index contributed by atoms with van der Waals surface area (Å²) in [5.41, 5.74) is 9.47. The number of nitrogens with zero attached hydrogens (tertiary/aromatic N) is 3. The van der Waals surface area contributed by atoms with Gasteiger partial charge in [0.05, 0.1) is 21.6 Å². The van der Waals surface area contributed by atoms with E-state index in [0.717, 1.165) is 49.6 Å². The molecule has 0 N–H and O–H groups in total. The molecule has 0 radical (unpaired) electrons. The molecular weight excluding hydrogens is 543 g/mol. The smallest absolute Gasteiger partial charge is 0.161 e. The maximum Gasteiger partial charge on any atom is 0.161 e. The SMILES string of the molecule is c1ccc(-c2cc(-c3ccccc3)nc(-c3ccc(-c4ccc5nc(-c6ccccc6)sc5c4)c4ccccc34)n2)cc1. The summed E-state index contributed by atoms with van der Waals surface area (Å²) in [5.74, 6) is 0.716. The van der Waals surface area contributed by atoms with Crippen molar-refractivity contribution in [3.8, 4) is 55.6 Å². The summed E-state index contributed by atoms with van der Waals surface area (Å²) in [6, 6.07) is 52.6. The van der Waals surface area contributed by atoms with E-state index in [1.54, 1.807) is 11.3 Å². The van der Waals surface area contributed by atoms with Gasteiger partial charge in [-0.1, -0.05) is 127 Å². The number of thiazole rings is 1. The highest BCUT2D eigenvalue weighted by Gasteiger charge is 2.16. The average Bonchev–Trinajstić information content (AvgIpc) is 3.52. The molecule has 4 heteroatoms. The fourth-order valence-electron chi connectivity index (χ4n) is 5.62. The van der Waals surface area contributed by atoms with Gasteiger partial charge in [0, 0.05) is 22.3 Å². The Labute approximate surface area is 253 Å². The minimum Gasteiger partial charge on any atom is -0.236 e. The highest BCUT2D eigenvalue weighted by atomic mass is 32.1. The van der Waals surface area contributed by atoms with Crippen molar-refractivity contribution in [2.45, 2.75) is 0 Å². The summed E-state index contributed by atoms with van der Waals surface area (Å²) in [7, 11) is 0.